The molecule has 0 fully saturated rings. The summed E-state index contributed by atoms with van der Waals surface area (Å²) >= 11 is 0. The molecule has 0 bridgehead atoms. The van der Waals surface area contributed by atoms with E-state index in [1.54, 1.807) is 24.3 Å². The molecule has 2 aromatic carbocycles. The van der Waals surface area contributed by atoms with Crippen molar-refractivity contribution < 1.29 is 18.7 Å². The second-order valence-corrected chi connectivity index (χ2v) is 4.16. The van der Waals surface area contributed by atoms with Crippen LogP contribution in [0, 0.1) is 5.82 Å². The van der Waals surface area contributed by atoms with E-state index in [9.17, 15) is 9.18 Å². The minimum Gasteiger partial charge on any atom is -0.497 e. The minimum atomic E-state index is -0.550. The molecule has 2 aromatic rings. The van der Waals surface area contributed by atoms with Gasteiger partial charge in [0, 0.05) is 5.69 Å². The third-order valence-electron chi connectivity index (χ3n) is 2.76. The predicted octanol–water partition coefficient (Wildman–Crippen LogP) is 2.77. The first kappa shape index (κ1) is 13.9. The van der Waals surface area contributed by atoms with E-state index in [-0.39, 0.29) is 18.0 Å². The van der Waals surface area contributed by atoms with Crippen LogP contribution in [0.15, 0.2) is 42.5 Å². The van der Waals surface area contributed by atoms with Crippen LogP contribution in [0.2, 0.25) is 0 Å². The molecule has 20 heavy (non-hydrogen) atoms. The Labute approximate surface area is 115 Å². The molecular weight excluding hydrogens is 261 g/mol. The summed E-state index contributed by atoms with van der Waals surface area (Å²) in [6.07, 6.45) is 0. The number of halogens is 1. The van der Waals surface area contributed by atoms with Gasteiger partial charge in [-0.3, -0.25) is 0 Å². The van der Waals surface area contributed by atoms with Crippen LogP contribution in [0.5, 0.6) is 5.75 Å². The molecule has 0 saturated carbocycles. The Kier molecular flexibility index (Phi) is 4.20. The maximum atomic E-state index is 12.7. The van der Waals surface area contributed by atoms with Crippen LogP contribution >= 0.6 is 0 Å². The van der Waals surface area contributed by atoms with Crippen molar-refractivity contribution in [2.75, 3.05) is 12.8 Å². The lowest BCUT2D eigenvalue weighted by Crippen LogP contribution is -2.08. The van der Waals surface area contributed by atoms with Crippen molar-refractivity contribution in [3.63, 3.8) is 0 Å². The molecule has 2 N–H and O–H groups in total. The molecule has 5 heteroatoms. The zero-order valence-corrected chi connectivity index (χ0v) is 10.9. The average Bonchev–Trinajstić information content (AvgIpc) is 2.47. The number of hydrogen-bond acceptors (Lipinski definition) is 4. The molecule has 0 heterocycles. The van der Waals surface area contributed by atoms with Crippen molar-refractivity contribution in [2.45, 2.75) is 6.61 Å². The minimum absolute atomic E-state index is 0.0514. The number of esters is 1. The van der Waals surface area contributed by atoms with Crippen molar-refractivity contribution >= 4 is 11.7 Å². The van der Waals surface area contributed by atoms with E-state index >= 15 is 0 Å². The van der Waals surface area contributed by atoms with Crippen LogP contribution in [0.25, 0.3) is 0 Å². The van der Waals surface area contributed by atoms with Gasteiger partial charge in [-0.2, -0.15) is 0 Å². The summed E-state index contributed by atoms with van der Waals surface area (Å²) in [6.45, 7) is 0.0514. The number of carbonyl (C=O) groups is 1. The molecule has 104 valence electrons. The molecule has 0 radical (unpaired) electrons. The first-order valence-corrected chi connectivity index (χ1v) is 5.95. The predicted molar refractivity (Wildman–Crippen MR) is 72.9 cm³/mol. The first-order chi connectivity index (χ1) is 9.60. The van der Waals surface area contributed by atoms with Crippen LogP contribution < -0.4 is 10.5 Å². The second-order valence-electron chi connectivity index (χ2n) is 4.16. The van der Waals surface area contributed by atoms with E-state index in [1.807, 2.05) is 0 Å². The van der Waals surface area contributed by atoms with Gasteiger partial charge in [0.1, 0.15) is 18.2 Å². The number of benzene rings is 2. The lowest BCUT2D eigenvalue weighted by Gasteiger charge is -2.08. The van der Waals surface area contributed by atoms with Gasteiger partial charge in [0.25, 0.3) is 0 Å². The molecule has 0 spiro atoms. The van der Waals surface area contributed by atoms with Crippen molar-refractivity contribution in [3.8, 4) is 5.75 Å². The SMILES string of the molecule is COc1ccc(N)c(C(=O)OCc2ccc(F)cc2)c1. The Bertz CT molecular complexity index is 611. The van der Waals surface area contributed by atoms with E-state index in [4.69, 9.17) is 15.2 Å². The van der Waals surface area contributed by atoms with E-state index in [2.05, 4.69) is 0 Å². The van der Waals surface area contributed by atoms with Crippen molar-refractivity contribution in [1.82, 2.24) is 0 Å². The monoisotopic (exact) mass is 275 g/mol. The van der Waals surface area contributed by atoms with Gasteiger partial charge in [-0.25, -0.2) is 9.18 Å². The van der Waals surface area contributed by atoms with Crippen LogP contribution in [-0.4, -0.2) is 13.1 Å². The van der Waals surface area contributed by atoms with Crippen molar-refractivity contribution in [1.29, 1.82) is 0 Å². The summed E-state index contributed by atoms with van der Waals surface area (Å²) in [5, 5.41) is 0. The van der Waals surface area contributed by atoms with Gasteiger partial charge in [0.2, 0.25) is 0 Å². The second kappa shape index (κ2) is 6.06. The molecule has 0 atom stereocenters. The quantitative estimate of drug-likeness (QED) is 0.688. The number of nitrogens with two attached hydrogens (primary N) is 1. The van der Waals surface area contributed by atoms with Crippen LogP contribution in [0.4, 0.5) is 10.1 Å². The Morgan fingerprint density at radius 1 is 1.20 bits per heavy atom. The van der Waals surface area contributed by atoms with Gasteiger partial charge in [-0.15, -0.1) is 0 Å². The van der Waals surface area contributed by atoms with Gasteiger partial charge in [0.15, 0.2) is 0 Å². The fourth-order valence-electron chi connectivity index (χ4n) is 1.65. The fourth-order valence-corrected chi connectivity index (χ4v) is 1.65. The van der Waals surface area contributed by atoms with Crippen LogP contribution in [-0.2, 0) is 11.3 Å². The molecule has 0 aliphatic rings. The molecule has 0 aliphatic carbocycles. The zero-order chi connectivity index (χ0) is 14.5. The van der Waals surface area contributed by atoms with Gasteiger partial charge < -0.3 is 15.2 Å². The highest BCUT2D eigenvalue weighted by atomic mass is 19.1. The molecule has 0 aliphatic heterocycles. The maximum absolute atomic E-state index is 12.7. The van der Waals surface area contributed by atoms with Crippen molar-refractivity contribution in [2.24, 2.45) is 0 Å². The molecular formula is C15H14FNO3. The third-order valence-corrected chi connectivity index (χ3v) is 2.76. The largest absolute Gasteiger partial charge is 0.497 e. The summed E-state index contributed by atoms with van der Waals surface area (Å²) in [6, 6.07) is 10.5. The topological polar surface area (TPSA) is 61.5 Å². The van der Waals surface area contributed by atoms with Gasteiger partial charge in [0.05, 0.1) is 12.7 Å². The Hall–Kier alpha value is -2.56. The summed E-state index contributed by atoms with van der Waals surface area (Å²) in [4.78, 5) is 11.9. The van der Waals surface area contributed by atoms with E-state index in [0.717, 1.165) is 0 Å². The molecule has 0 amide bonds. The average molecular weight is 275 g/mol. The first-order valence-electron chi connectivity index (χ1n) is 5.95. The highest BCUT2D eigenvalue weighted by molar-refractivity contribution is 5.95. The summed E-state index contributed by atoms with van der Waals surface area (Å²) in [5.74, 6) is -0.365. The van der Waals surface area contributed by atoms with E-state index < -0.39 is 5.97 Å². The van der Waals surface area contributed by atoms with E-state index in [1.165, 1.54) is 25.3 Å². The number of nitrogen functional groups attached to an aromatic ring is 1. The molecule has 2 rings (SSSR count). The van der Waals surface area contributed by atoms with Crippen LogP contribution in [0.1, 0.15) is 15.9 Å². The number of methoxy groups -OCH3 is 1. The smallest absolute Gasteiger partial charge is 0.340 e. The van der Waals surface area contributed by atoms with Gasteiger partial charge in [-0.05, 0) is 35.9 Å². The number of rotatable bonds is 4. The molecule has 0 unspecified atom stereocenters. The zero-order valence-electron chi connectivity index (χ0n) is 10.9. The Morgan fingerprint density at radius 2 is 1.90 bits per heavy atom. The van der Waals surface area contributed by atoms with Crippen molar-refractivity contribution in [3.05, 3.63) is 59.4 Å². The fraction of sp³-hybridized carbons (Fsp3) is 0.133. The number of carbonyl (C=O) groups excluding carboxylic acids is 1. The number of anilines is 1. The van der Waals surface area contributed by atoms with Crippen LogP contribution in [0.3, 0.4) is 0 Å². The number of ether oxygens (including phenoxy) is 2. The lowest BCUT2D eigenvalue weighted by molar-refractivity contribution is 0.0473. The summed E-state index contributed by atoms with van der Waals surface area (Å²) in [7, 11) is 1.50. The third kappa shape index (κ3) is 3.26. The number of hydrogen-bond donors (Lipinski definition) is 1. The molecule has 0 aromatic heterocycles. The summed E-state index contributed by atoms with van der Waals surface area (Å²) in [5.41, 5.74) is 6.98. The van der Waals surface area contributed by atoms with E-state index in [0.29, 0.717) is 17.0 Å². The Balaban J connectivity index is 2.06. The Morgan fingerprint density at radius 3 is 2.55 bits per heavy atom. The normalized spacial score (nSPS) is 10.1. The lowest BCUT2D eigenvalue weighted by atomic mass is 10.1. The highest BCUT2D eigenvalue weighted by Crippen LogP contribution is 2.20. The van der Waals surface area contributed by atoms with Gasteiger partial charge >= 0.3 is 5.97 Å². The van der Waals surface area contributed by atoms with Gasteiger partial charge in [-0.1, -0.05) is 12.1 Å². The summed E-state index contributed by atoms with van der Waals surface area (Å²) < 4.78 is 22.9. The molecule has 4 nitrogen and oxygen atoms in total. The standard InChI is InChI=1S/C15H14FNO3/c1-19-12-6-7-14(17)13(8-12)15(18)20-9-10-2-4-11(16)5-3-10/h2-8H,9,17H2,1H3. The maximum Gasteiger partial charge on any atom is 0.340 e. The molecule has 0 saturated heterocycles. The highest BCUT2D eigenvalue weighted by Gasteiger charge is 2.12.